The summed E-state index contributed by atoms with van der Waals surface area (Å²) in [5.74, 6) is -1.24. The Morgan fingerprint density at radius 2 is 2.00 bits per heavy atom. The highest BCUT2D eigenvalue weighted by Crippen LogP contribution is 2.24. The standard InChI is InChI=1S/C19H16ClFN4O2/c20-13-3-1-2-11(8-13)16(10-26)25-19(27)14-5-4-12(9-15(14)21)17-18(22)24-7-6-23-17/h1-9,16,26H,10H2,(H2,22,24)(H,25,27)/t16-/m1/s1. The number of carbonyl (C=O) groups is 1. The number of anilines is 1. The van der Waals surface area contributed by atoms with Crippen molar-refractivity contribution in [2.45, 2.75) is 6.04 Å². The van der Waals surface area contributed by atoms with Gasteiger partial charge >= 0.3 is 0 Å². The Morgan fingerprint density at radius 3 is 2.67 bits per heavy atom. The van der Waals surface area contributed by atoms with Crippen molar-refractivity contribution in [3.8, 4) is 11.3 Å². The number of amides is 1. The summed E-state index contributed by atoms with van der Waals surface area (Å²) in [5, 5.41) is 12.6. The number of halogens is 2. The van der Waals surface area contributed by atoms with E-state index in [0.717, 1.165) is 0 Å². The lowest BCUT2D eigenvalue weighted by atomic mass is 10.0. The van der Waals surface area contributed by atoms with Gasteiger partial charge in [-0.1, -0.05) is 29.8 Å². The predicted molar refractivity (Wildman–Crippen MR) is 101 cm³/mol. The van der Waals surface area contributed by atoms with Gasteiger partial charge in [0.15, 0.2) is 0 Å². The minimum absolute atomic E-state index is 0.162. The van der Waals surface area contributed by atoms with E-state index in [2.05, 4.69) is 15.3 Å². The van der Waals surface area contributed by atoms with E-state index in [0.29, 0.717) is 21.8 Å². The molecule has 1 heterocycles. The number of carbonyl (C=O) groups excluding carboxylic acids is 1. The first kappa shape index (κ1) is 18.8. The molecule has 1 atom stereocenters. The number of nitrogens with two attached hydrogens (primary N) is 1. The van der Waals surface area contributed by atoms with Crippen LogP contribution in [0.1, 0.15) is 22.0 Å². The average Bonchev–Trinajstić information content (AvgIpc) is 2.66. The largest absolute Gasteiger partial charge is 0.394 e. The van der Waals surface area contributed by atoms with Crippen molar-refractivity contribution in [2.24, 2.45) is 0 Å². The van der Waals surface area contributed by atoms with Crippen LogP contribution in [0.25, 0.3) is 11.3 Å². The van der Waals surface area contributed by atoms with E-state index < -0.39 is 17.8 Å². The van der Waals surface area contributed by atoms with Crippen molar-refractivity contribution < 1.29 is 14.3 Å². The molecule has 6 nitrogen and oxygen atoms in total. The van der Waals surface area contributed by atoms with Crippen molar-refractivity contribution in [1.82, 2.24) is 15.3 Å². The second-order valence-electron chi connectivity index (χ2n) is 5.75. The number of nitrogen functional groups attached to an aromatic ring is 1. The van der Waals surface area contributed by atoms with E-state index in [1.54, 1.807) is 24.3 Å². The summed E-state index contributed by atoms with van der Waals surface area (Å²) in [6.45, 7) is -0.359. The van der Waals surface area contributed by atoms with E-state index in [9.17, 15) is 14.3 Å². The van der Waals surface area contributed by atoms with Crippen LogP contribution in [0.4, 0.5) is 10.2 Å². The minimum atomic E-state index is -0.738. The number of aliphatic hydroxyl groups excluding tert-OH is 1. The maximum absolute atomic E-state index is 14.5. The van der Waals surface area contributed by atoms with E-state index in [1.165, 1.54) is 30.6 Å². The van der Waals surface area contributed by atoms with Crippen LogP contribution in [0.2, 0.25) is 5.02 Å². The number of benzene rings is 2. The fourth-order valence-electron chi connectivity index (χ4n) is 2.61. The number of nitrogens with one attached hydrogen (secondary N) is 1. The fourth-order valence-corrected chi connectivity index (χ4v) is 2.81. The first-order chi connectivity index (χ1) is 13.0. The van der Waals surface area contributed by atoms with Crippen LogP contribution in [0.15, 0.2) is 54.9 Å². The van der Waals surface area contributed by atoms with Crippen LogP contribution in [0, 0.1) is 5.82 Å². The third-order valence-electron chi connectivity index (χ3n) is 3.95. The number of nitrogens with zero attached hydrogens (tertiary/aromatic N) is 2. The van der Waals surface area contributed by atoms with Gasteiger partial charge in [0, 0.05) is 23.0 Å². The fraction of sp³-hybridized carbons (Fsp3) is 0.105. The molecule has 0 bridgehead atoms. The zero-order valence-corrected chi connectivity index (χ0v) is 14.8. The topological polar surface area (TPSA) is 101 Å². The zero-order chi connectivity index (χ0) is 19.4. The van der Waals surface area contributed by atoms with Gasteiger partial charge in [0.1, 0.15) is 17.3 Å². The third-order valence-corrected chi connectivity index (χ3v) is 4.19. The Labute approximate surface area is 159 Å². The number of aliphatic hydroxyl groups is 1. The zero-order valence-electron chi connectivity index (χ0n) is 14.1. The molecule has 0 saturated carbocycles. The highest BCUT2D eigenvalue weighted by atomic mass is 35.5. The second-order valence-corrected chi connectivity index (χ2v) is 6.18. The normalized spacial score (nSPS) is 11.8. The predicted octanol–water partition coefficient (Wildman–Crippen LogP) is 2.98. The Bertz CT molecular complexity index is 983. The smallest absolute Gasteiger partial charge is 0.254 e. The van der Waals surface area contributed by atoms with E-state index in [-0.39, 0.29) is 18.0 Å². The van der Waals surface area contributed by atoms with Gasteiger partial charge in [-0.05, 0) is 29.8 Å². The number of hydrogen-bond acceptors (Lipinski definition) is 5. The Morgan fingerprint density at radius 1 is 1.22 bits per heavy atom. The summed E-state index contributed by atoms with van der Waals surface area (Å²) in [7, 11) is 0. The Hall–Kier alpha value is -3.03. The van der Waals surface area contributed by atoms with Crippen LogP contribution in [0.5, 0.6) is 0 Å². The lowest BCUT2D eigenvalue weighted by molar-refractivity contribution is 0.0912. The van der Waals surface area contributed by atoms with Gasteiger partial charge < -0.3 is 16.2 Å². The van der Waals surface area contributed by atoms with Crippen molar-refractivity contribution in [3.05, 3.63) is 76.8 Å². The van der Waals surface area contributed by atoms with Gasteiger partial charge in [0.25, 0.3) is 5.91 Å². The van der Waals surface area contributed by atoms with Gasteiger partial charge in [0.2, 0.25) is 0 Å². The molecule has 0 spiro atoms. The molecule has 0 fully saturated rings. The lowest BCUT2D eigenvalue weighted by Gasteiger charge is -2.17. The molecule has 0 aliphatic heterocycles. The maximum atomic E-state index is 14.5. The highest BCUT2D eigenvalue weighted by Gasteiger charge is 2.19. The number of aromatic nitrogens is 2. The van der Waals surface area contributed by atoms with Gasteiger partial charge in [-0.15, -0.1) is 0 Å². The molecule has 1 aromatic heterocycles. The van der Waals surface area contributed by atoms with E-state index in [1.807, 2.05) is 0 Å². The molecule has 3 rings (SSSR count). The summed E-state index contributed by atoms with van der Waals surface area (Å²) in [5.41, 5.74) is 6.93. The summed E-state index contributed by atoms with van der Waals surface area (Å²) in [6.07, 6.45) is 2.88. The molecule has 3 aromatic rings. The first-order valence-electron chi connectivity index (χ1n) is 8.03. The van der Waals surface area contributed by atoms with Crippen LogP contribution >= 0.6 is 11.6 Å². The quantitative estimate of drug-likeness (QED) is 0.625. The summed E-state index contributed by atoms with van der Waals surface area (Å²) in [4.78, 5) is 20.4. The molecule has 0 saturated heterocycles. The molecule has 4 N–H and O–H groups in total. The molecule has 2 aromatic carbocycles. The summed E-state index contributed by atoms with van der Waals surface area (Å²) in [6, 6.07) is 10.0. The molecule has 8 heteroatoms. The molecule has 1 amide bonds. The second kappa shape index (κ2) is 8.11. The Kier molecular flexibility index (Phi) is 5.63. The van der Waals surface area contributed by atoms with Crippen LogP contribution < -0.4 is 11.1 Å². The molecule has 0 aliphatic carbocycles. The Balaban J connectivity index is 1.83. The van der Waals surface area contributed by atoms with Crippen LogP contribution in [-0.2, 0) is 0 Å². The molecule has 0 aliphatic rings. The van der Waals surface area contributed by atoms with Crippen LogP contribution in [0.3, 0.4) is 0 Å². The van der Waals surface area contributed by atoms with Crippen LogP contribution in [-0.4, -0.2) is 27.6 Å². The number of hydrogen-bond donors (Lipinski definition) is 3. The average molecular weight is 387 g/mol. The van der Waals surface area contributed by atoms with Crippen molar-refractivity contribution in [2.75, 3.05) is 12.3 Å². The molecule has 0 unspecified atom stereocenters. The van der Waals surface area contributed by atoms with E-state index >= 15 is 0 Å². The van der Waals surface area contributed by atoms with Gasteiger partial charge in [-0.3, -0.25) is 9.78 Å². The molecule has 0 radical (unpaired) electrons. The molecule has 138 valence electrons. The number of rotatable bonds is 5. The molecule has 27 heavy (non-hydrogen) atoms. The molecular formula is C19H16ClFN4O2. The maximum Gasteiger partial charge on any atom is 0.254 e. The van der Waals surface area contributed by atoms with E-state index in [4.69, 9.17) is 17.3 Å². The molecular weight excluding hydrogens is 371 g/mol. The van der Waals surface area contributed by atoms with Crippen molar-refractivity contribution in [1.29, 1.82) is 0 Å². The third kappa shape index (κ3) is 4.21. The van der Waals surface area contributed by atoms with Gasteiger partial charge in [0.05, 0.1) is 18.2 Å². The monoisotopic (exact) mass is 386 g/mol. The highest BCUT2D eigenvalue weighted by molar-refractivity contribution is 6.30. The lowest BCUT2D eigenvalue weighted by Crippen LogP contribution is -2.31. The first-order valence-corrected chi connectivity index (χ1v) is 8.41. The van der Waals surface area contributed by atoms with Crippen molar-refractivity contribution in [3.63, 3.8) is 0 Å². The SMILES string of the molecule is Nc1nccnc1-c1ccc(C(=O)N[C@H](CO)c2cccc(Cl)c2)c(F)c1. The minimum Gasteiger partial charge on any atom is -0.394 e. The summed E-state index contributed by atoms with van der Waals surface area (Å²) >= 11 is 5.94. The van der Waals surface area contributed by atoms with Gasteiger partial charge in [-0.25, -0.2) is 9.37 Å². The van der Waals surface area contributed by atoms with Gasteiger partial charge in [-0.2, -0.15) is 0 Å². The summed E-state index contributed by atoms with van der Waals surface area (Å²) < 4.78 is 14.5. The van der Waals surface area contributed by atoms with Crippen molar-refractivity contribution >= 4 is 23.3 Å².